The standard InChI is InChI=1S/C23H36FNO2Si/c1-15(2)28(16(3)4,17(5)6)25-11-10-18-12-19(20(24)14-21(18)25)13-22(26)27-23(7,8)9/h10-12,14-17H,13H2,1-9H3. The van der Waals surface area contributed by atoms with E-state index in [9.17, 15) is 9.18 Å². The molecule has 156 valence electrons. The Balaban J connectivity index is 2.54. The second-order valence-electron chi connectivity index (χ2n) is 9.80. The molecular weight excluding hydrogens is 369 g/mol. The molecule has 0 atom stereocenters. The summed E-state index contributed by atoms with van der Waals surface area (Å²) in [6.07, 6.45) is 2.08. The SMILES string of the molecule is CC(C)[Si](C(C)C)(C(C)C)n1ccc2cc(CC(=O)OC(C)(C)C)c(F)cc21. The summed E-state index contributed by atoms with van der Waals surface area (Å²) in [5.74, 6) is -0.738. The van der Waals surface area contributed by atoms with Crippen molar-refractivity contribution >= 4 is 25.1 Å². The van der Waals surface area contributed by atoms with Crippen molar-refractivity contribution in [3.05, 3.63) is 35.8 Å². The van der Waals surface area contributed by atoms with Crippen LogP contribution in [-0.4, -0.2) is 24.0 Å². The number of rotatable bonds is 6. The number of ether oxygens (including phenoxy) is 1. The van der Waals surface area contributed by atoms with Gasteiger partial charge >= 0.3 is 5.97 Å². The van der Waals surface area contributed by atoms with Crippen molar-refractivity contribution in [2.75, 3.05) is 0 Å². The minimum absolute atomic E-state index is 0.0503. The van der Waals surface area contributed by atoms with Crippen molar-refractivity contribution in [2.45, 2.75) is 91.0 Å². The minimum atomic E-state index is -1.96. The van der Waals surface area contributed by atoms with Crippen molar-refractivity contribution in [1.82, 2.24) is 4.23 Å². The highest BCUT2D eigenvalue weighted by Gasteiger charge is 2.45. The molecule has 0 aliphatic heterocycles. The van der Waals surface area contributed by atoms with Gasteiger partial charge in [0.1, 0.15) is 11.4 Å². The Hall–Kier alpha value is -1.62. The van der Waals surface area contributed by atoms with Crippen LogP contribution in [0.3, 0.4) is 0 Å². The Morgan fingerprint density at radius 1 is 1.07 bits per heavy atom. The van der Waals surface area contributed by atoms with Crippen molar-refractivity contribution < 1.29 is 13.9 Å². The maximum absolute atomic E-state index is 15.0. The number of hydrogen-bond donors (Lipinski definition) is 0. The van der Waals surface area contributed by atoms with E-state index in [1.165, 1.54) is 0 Å². The average molecular weight is 406 g/mol. The summed E-state index contributed by atoms with van der Waals surface area (Å²) in [5, 5.41) is 0.985. The Kier molecular flexibility index (Phi) is 6.49. The molecule has 3 nitrogen and oxygen atoms in total. The molecule has 0 spiro atoms. The van der Waals surface area contributed by atoms with Gasteiger partial charge in [-0.25, -0.2) is 4.39 Å². The lowest BCUT2D eigenvalue weighted by atomic mass is 10.1. The second kappa shape index (κ2) is 8.01. The summed E-state index contributed by atoms with van der Waals surface area (Å²) in [5.41, 5.74) is 2.32. The summed E-state index contributed by atoms with van der Waals surface area (Å²) in [6, 6.07) is 5.48. The van der Waals surface area contributed by atoms with Gasteiger partial charge in [0.2, 0.25) is 0 Å². The van der Waals surface area contributed by atoms with E-state index in [0.29, 0.717) is 22.2 Å². The zero-order valence-electron chi connectivity index (χ0n) is 18.9. The monoisotopic (exact) mass is 405 g/mol. The molecule has 0 radical (unpaired) electrons. The molecule has 1 heterocycles. The van der Waals surface area contributed by atoms with E-state index in [1.54, 1.807) is 6.07 Å². The first-order chi connectivity index (χ1) is 12.8. The van der Waals surface area contributed by atoms with Gasteiger partial charge in [-0.1, -0.05) is 41.5 Å². The van der Waals surface area contributed by atoms with Gasteiger partial charge in [0.15, 0.2) is 8.24 Å². The van der Waals surface area contributed by atoms with E-state index in [4.69, 9.17) is 4.74 Å². The van der Waals surface area contributed by atoms with Gasteiger partial charge in [-0.2, -0.15) is 0 Å². The van der Waals surface area contributed by atoms with Gasteiger partial charge in [-0.3, -0.25) is 4.79 Å². The van der Waals surface area contributed by atoms with Gasteiger partial charge < -0.3 is 8.97 Å². The molecule has 5 heteroatoms. The maximum atomic E-state index is 15.0. The third-order valence-electron chi connectivity index (χ3n) is 5.81. The number of fused-ring (bicyclic) bond motifs is 1. The van der Waals surface area contributed by atoms with Crippen LogP contribution in [0.15, 0.2) is 24.4 Å². The first kappa shape index (κ1) is 22.7. The molecule has 2 rings (SSSR count). The van der Waals surface area contributed by atoms with Crippen LogP contribution < -0.4 is 0 Å². The second-order valence-corrected chi connectivity index (χ2v) is 15.5. The topological polar surface area (TPSA) is 31.2 Å². The lowest BCUT2D eigenvalue weighted by molar-refractivity contribution is -0.153. The number of benzene rings is 1. The Labute approximate surface area is 170 Å². The molecule has 0 saturated heterocycles. The van der Waals surface area contributed by atoms with E-state index in [2.05, 4.69) is 58.0 Å². The van der Waals surface area contributed by atoms with Gasteiger partial charge in [-0.05, 0) is 72.7 Å². The predicted octanol–water partition coefficient (Wildman–Crippen LogP) is 6.69. The largest absolute Gasteiger partial charge is 0.460 e. The molecular formula is C23H36FNO2Si. The van der Waals surface area contributed by atoms with Gasteiger partial charge in [0.25, 0.3) is 0 Å². The summed E-state index contributed by atoms with van der Waals surface area (Å²) < 4.78 is 22.7. The summed E-state index contributed by atoms with van der Waals surface area (Å²) in [6.45, 7) is 19.2. The molecule has 0 bridgehead atoms. The number of nitrogens with zero attached hydrogens (tertiary/aromatic N) is 1. The fraction of sp³-hybridized carbons (Fsp3) is 0.609. The molecule has 0 aliphatic carbocycles. The molecule has 0 unspecified atom stereocenters. The number of halogens is 1. The Morgan fingerprint density at radius 3 is 2.07 bits per heavy atom. The van der Waals surface area contributed by atoms with Crippen LogP contribution in [0.4, 0.5) is 4.39 Å². The highest BCUT2D eigenvalue weighted by Crippen LogP contribution is 2.44. The van der Waals surface area contributed by atoms with Crippen LogP contribution in [0.2, 0.25) is 16.6 Å². The fourth-order valence-electron chi connectivity index (χ4n) is 5.04. The average Bonchev–Trinajstić information content (AvgIpc) is 2.88. The molecule has 0 fully saturated rings. The van der Waals surface area contributed by atoms with Crippen molar-refractivity contribution in [2.24, 2.45) is 0 Å². The van der Waals surface area contributed by atoms with Crippen LogP contribution in [-0.2, 0) is 16.0 Å². The molecule has 28 heavy (non-hydrogen) atoms. The van der Waals surface area contributed by atoms with Gasteiger partial charge in [0, 0.05) is 5.52 Å². The molecule has 0 saturated carbocycles. The highest BCUT2D eigenvalue weighted by molar-refractivity contribution is 6.82. The molecule has 1 aromatic heterocycles. The predicted molar refractivity (Wildman–Crippen MR) is 118 cm³/mol. The lowest BCUT2D eigenvalue weighted by Crippen LogP contribution is -2.51. The van der Waals surface area contributed by atoms with Gasteiger partial charge in [-0.15, -0.1) is 0 Å². The Morgan fingerprint density at radius 2 is 1.61 bits per heavy atom. The van der Waals surface area contributed by atoms with Crippen molar-refractivity contribution in [1.29, 1.82) is 0 Å². The highest BCUT2D eigenvalue weighted by atomic mass is 28.3. The van der Waals surface area contributed by atoms with Crippen molar-refractivity contribution in [3.63, 3.8) is 0 Å². The van der Waals surface area contributed by atoms with E-state index in [-0.39, 0.29) is 12.2 Å². The Bertz CT molecular complexity index is 824. The first-order valence-corrected chi connectivity index (χ1v) is 12.5. The maximum Gasteiger partial charge on any atom is 0.310 e. The minimum Gasteiger partial charge on any atom is -0.460 e. The third kappa shape index (κ3) is 4.19. The van der Waals surface area contributed by atoms with Crippen LogP contribution >= 0.6 is 0 Å². The van der Waals surface area contributed by atoms with Crippen molar-refractivity contribution in [3.8, 4) is 0 Å². The zero-order valence-corrected chi connectivity index (χ0v) is 19.9. The smallest absolute Gasteiger partial charge is 0.310 e. The number of carbonyl (C=O) groups excluding carboxylic acids is 1. The van der Waals surface area contributed by atoms with Crippen LogP contribution in [0.1, 0.15) is 67.9 Å². The van der Waals surface area contributed by atoms with E-state index >= 15 is 0 Å². The van der Waals surface area contributed by atoms with Gasteiger partial charge in [0.05, 0.1) is 6.42 Å². The van der Waals surface area contributed by atoms with Crippen LogP contribution in [0.25, 0.3) is 10.9 Å². The molecule has 0 N–H and O–H groups in total. The number of aromatic nitrogens is 1. The lowest BCUT2D eigenvalue weighted by Gasteiger charge is -2.44. The summed E-state index contributed by atoms with van der Waals surface area (Å²) in [4.78, 5) is 12.2. The van der Waals surface area contributed by atoms with Crippen LogP contribution in [0, 0.1) is 5.82 Å². The fourth-order valence-corrected chi connectivity index (χ4v) is 11.7. The first-order valence-electron chi connectivity index (χ1n) is 10.3. The molecule has 0 amide bonds. The quantitative estimate of drug-likeness (QED) is 0.396. The third-order valence-corrected chi connectivity index (χ3v) is 12.6. The molecule has 2 aromatic rings. The van der Waals surface area contributed by atoms with E-state index < -0.39 is 19.8 Å². The van der Waals surface area contributed by atoms with Crippen LogP contribution in [0.5, 0.6) is 0 Å². The molecule has 1 aromatic carbocycles. The summed E-state index contributed by atoms with van der Waals surface area (Å²) >= 11 is 0. The summed E-state index contributed by atoms with van der Waals surface area (Å²) in [7, 11) is -1.96. The number of esters is 1. The van der Waals surface area contributed by atoms with E-state index in [0.717, 1.165) is 10.9 Å². The zero-order chi connectivity index (χ0) is 21.4. The molecule has 0 aliphatic rings. The number of carbonyl (C=O) groups is 1. The normalized spacial score (nSPS) is 13.2. The van der Waals surface area contributed by atoms with E-state index in [1.807, 2.05) is 26.8 Å². The number of hydrogen-bond acceptors (Lipinski definition) is 2.